The van der Waals surface area contributed by atoms with Gasteiger partial charge in [0.1, 0.15) is 0 Å². The molecule has 0 fully saturated rings. The lowest BCUT2D eigenvalue weighted by molar-refractivity contribution is -0.130. The van der Waals surface area contributed by atoms with Gasteiger partial charge in [0.25, 0.3) is 0 Å². The van der Waals surface area contributed by atoms with Gasteiger partial charge in [0.05, 0.1) is 0 Å². The van der Waals surface area contributed by atoms with Crippen LogP contribution in [0.1, 0.15) is 30.0 Å². The van der Waals surface area contributed by atoms with Crippen LogP contribution in [0.4, 0.5) is 0 Å². The topological polar surface area (TPSA) is 49.4 Å². The summed E-state index contributed by atoms with van der Waals surface area (Å²) in [5, 5.41) is 3.59. The van der Waals surface area contributed by atoms with Crippen LogP contribution < -0.4 is 5.32 Å². The Morgan fingerprint density at radius 2 is 1.81 bits per heavy atom. The lowest BCUT2D eigenvalue weighted by atomic mass is 10.1. The molecule has 5 heteroatoms. The molecule has 0 aliphatic carbocycles. The quantitative estimate of drug-likeness (QED) is 0.767. The van der Waals surface area contributed by atoms with Gasteiger partial charge in [-0.05, 0) is 36.6 Å². The minimum absolute atomic E-state index is 0.0294. The van der Waals surface area contributed by atoms with Crippen molar-refractivity contribution in [1.82, 2.24) is 10.2 Å². The lowest BCUT2D eigenvalue weighted by Crippen LogP contribution is -2.34. The summed E-state index contributed by atoms with van der Waals surface area (Å²) < 4.78 is 0. The molecule has 0 aromatic heterocycles. The number of nitrogens with one attached hydrogen (secondary N) is 1. The molecule has 2 rings (SSSR count). The predicted molar refractivity (Wildman–Crippen MR) is 105 cm³/mol. The van der Waals surface area contributed by atoms with E-state index in [0.717, 1.165) is 23.1 Å². The molecule has 0 atom stereocenters. The highest BCUT2D eigenvalue weighted by Crippen LogP contribution is 2.11. The van der Waals surface area contributed by atoms with Crippen LogP contribution >= 0.6 is 11.6 Å². The van der Waals surface area contributed by atoms with Gasteiger partial charge in [-0.1, -0.05) is 53.6 Å². The third kappa shape index (κ3) is 6.89. The highest BCUT2D eigenvalue weighted by molar-refractivity contribution is 6.30. The first-order chi connectivity index (χ1) is 12.4. The summed E-state index contributed by atoms with van der Waals surface area (Å²) in [4.78, 5) is 25.6. The molecule has 0 bridgehead atoms. The van der Waals surface area contributed by atoms with E-state index in [-0.39, 0.29) is 11.8 Å². The van der Waals surface area contributed by atoms with Crippen LogP contribution in [0.3, 0.4) is 0 Å². The molecule has 26 heavy (non-hydrogen) atoms. The molecule has 0 spiro atoms. The van der Waals surface area contributed by atoms with E-state index in [0.29, 0.717) is 31.1 Å². The van der Waals surface area contributed by atoms with Gasteiger partial charge in [-0.2, -0.15) is 0 Å². The van der Waals surface area contributed by atoms with Crippen LogP contribution in [0.25, 0.3) is 0 Å². The van der Waals surface area contributed by atoms with Gasteiger partial charge in [-0.15, -0.1) is 0 Å². The van der Waals surface area contributed by atoms with Gasteiger partial charge < -0.3 is 10.2 Å². The molecule has 138 valence electrons. The number of rotatable bonds is 8. The lowest BCUT2D eigenvalue weighted by Gasteiger charge is -2.21. The van der Waals surface area contributed by atoms with Crippen molar-refractivity contribution < 1.29 is 9.59 Å². The van der Waals surface area contributed by atoms with Gasteiger partial charge in [0, 0.05) is 38.0 Å². The van der Waals surface area contributed by atoms with E-state index >= 15 is 0 Å². The fourth-order valence-corrected chi connectivity index (χ4v) is 2.96. The first-order valence-corrected chi connectivity index (χ1v) is 9.14. The Hall–Kier alpha value is -2.33. The van der Waals surface area contributed by atoms with Crippen LogP contribution in [0.15, 0.2) is 48.5 Å². The van der Waals surface area contributed by atoms with E-state index in [1.807, 2.05) is 49.4 Å². The smallest absolute Gasteiger partial charge is 0.221 e. The van der Waals surface area contributed by atoms with Gasteiger partial charge in [-0.3, -0.25) is 9.59 Å². The minimum atomic E-state index is -0.0532. The van der Waals surface area contributed by atoms with E-state index in [9.17, 15) is 9.59 Å². The van der Waals surface area contributed by atoms with Crippen molar-refractivity contribution in [2.45, 2.75) is 33.2 Å². The summed E-state index contributed by atoms with van der Waals surface area (Å²) >= 11 is 5.95. The average Bonchev–Trinajstić information content (AvgIpc) is 2.58. The summed E-state index contributed by atoms with van der Waals surface area (Å²) in [7, 11) is 0. The summed E-state index contributed by atoms with van der Waals surface area (Å²) in [5.41, 5.74) is 3.31. The molecule has 0 saturated carbocycles. The summed E-state index contributed by atoms with van der Waals surface area (Å²) in [6.45, 7) is 5.04. The Morgan fingerprint density at radius 3 is 2.50 bits per heavy atom. The molecular formula is C21H25ClN2O2. The Kier molecular flexibility index (Phi) is 7.67. The monoisotopic (exact) mass is 372 g/mol. The normalized spacial score (nSPS) is 10.4. The van der Waals surface area contributed by atoms with Crippen LogP contribution in [-0.2, 0) is 22.6 Å². The Balaban J connectivity index is 1.77. The maximum atomic E-state index is 12.1. The molecule has 2 amide bonds. The second-order valence-corrected chi connectivity index (χ2v) is 6.85. The maximum absolute atomic E-state index is 12.1. The largest absolute Gasteiger partial charge is 0.356 e. The maximum Gasteiger partial charge on any atom is 0.221 e. The molecule has 0 aliphatic rings. The van der Waals surface area contributed by atoms with Crippen LogP contribution in [0.5, 0.6) is 0 Å². The fourth-order valence-electron chi connectivity index (χ4n) is 2.74. The molecule has 0 saturated heterocycles. The van der Waals surface area contributed by atoms with Crippen LogP contribution in [-0.4, -0.2) is 29.8 Å². The van der Waals surface area contributed by atoms with E-state index in [2.05, 4.69) is 11.4 Å². The van der Waals surface area contributed by atoms with Crippen molar-refractivity contribution in [2.75, 3.05) is 13.1 Å². The van der Waals surface area contributed by atoms with E-state index in [4.69, 9.17) is 11.6 Å². The molecule has 0 aliphatic heterocycles. The van der Waals surface area contributed by atoms with Gasteiger partial charge in [0.2, 0.25) is 11.8 Å². The fraction of sp³-hybridized carbons (Fsp3) is 0.333. The summed E-state index contributed by atoms with van der Waals surface area (Å²) in [5.74, 6) is -0.0826. The Bertz CT molecular complexity index is 761. The average molecular weight is 373 g/mol. The first-order valence-electron chi connectivity index (χ1n) is 8.76. The third-order valence-corrected chi connectivity index (χ3v) is 4.37. The predicted octanol–water partition coefficient (Wildman–Crippen LogP) is 3.75. The van der Waals surface area contributed by atoms with Crippen molar-refractivity contribution in [3.8, 4) is 0 Å². The zero-order valence-corrected chi connectivity index (χ0v) is 16.1. The van der Waals surface area contributed by atoms with Gasteiger partial charge in [0.15, 0.2) is 0 Å². The van der Waals surface area contributed by atoms with Gasteiger partial charge in [-0.25, -0.2) is 0 Å². The van der Waals surface area contributed by atoms with Crippen molar-refractivity contribution in [3.05, 3.63) is 70.2 Å². The number of hydrogen-bond donors (Lipinski definition) is 1. The molecular weight excluding hydrogens is 348 g/mol. The second-order valence-electron chi connectivity index (χ2n) is 6.41. The number of benzene rings is 2. The summed E-state index contributed by atoms with van der Waals surface area (Å²) in [6.07, 6.45) is 1.02. The van der Waals surface area contributed by atoms with E-state index in [1.165, 1.54) is 6.92 Å². The zero-order valence-electron chi connectivity index (χ0n) is 15.3. The Morgan fingerprint density at radius 1 is 1.08 bits per heavy atom. The van der Waals surface area contributed by atoms with Crippen molar-refractivity contribution in [3.63, 3.8) is 0 Å². The number of hydrogen-bond acceptors (Lipinski definition) is 2. The minimum Gasteiger partial charge on any atom is -0.356 e. The highest BCUT2D eigenvalue weighted by Gasteiger charge is 2.12. The number of carbonyl (C=O) groups excluding carboxylic acids is 2. The van der Waals surface area contributed by atoms with Crippen molar-refractivity contribution in [2.24, 2.45) is 0 Å². The van der Waals surface area contributed by atoms with Crippen molar-refractivity contribution in [1.29, 1.82) is 0 Å². The number of amides is 2. The Labute approximate surface area is 160 Å². The molecule has 0 unspecified atom stereocenters. The SMILES string of the molecule is CC(=O)N(CCC(=O)NCCc1cccc(Cl)c1)Cc1cccc(C)c1. The summed E-state index contributed by atoms with van der Waals surface area (Å²) in [6, 6.07) is 15.7. The zero-order chi connectivity index (χ0) is 18.9. The number of halogens is 1. The number of nitrogens with zero attached hydrogens (tertiary/aromatic N) is 1. The van der Waals surface area contributed by atoms with Crippen LogP contribution in [0, 0.1) is 6.92 Å². The molecule has 4 nitrogen and oxygen atoms in total. The molecule has 2 aromatic rings. The molecule has 2 aromatic carbocycles. The standard InChI is InChI=1S/C21H25ClN2O2/c1-16-5-3-7-19(13-16)15-24(17(2)25)12-10-21(26)23-11-9-18-6-4-8-20(22)14-18/h3-8,13-14H,9-12,15H2,1-2H3,(H,23,26). The molecule has 1 N–H and O–H groups in total. The van der Waals surface area contributed by atoms with Crippen molar-refractivity contribution >= 4 is 23.4 Å². The first kappa shape index (κ1) is 20.0. The van der Waals surface area contributed by atoms with E-state index in [1.54, 1.807) is 4.90 Å². The molecule has 0 heterocycles. The third-order valence-electron chi connectivity index (χ3n) is 4.13. The van der Waals surface area contributed by atoms with Crippen LogP contribution in [0.2, 0.25) is 5.02 Å². The number of aryl methyl sites for hydroxylation is 1. The molecule has 0 radical (unpaired) electrons. The second kappa shape index (κ2) is 9.97. The van der Waals surface area contributed by atoms with Gasteiger partial charge >= 0.3 is 0 Å². The van der Waals surface area contributed by atoms with E-state index < -0.39 is 0 Å². The number of carbonyl (C=O) groups is 2. The highest BCUT2D eigenvalue weighted by atomic mass is 35.5.